The summed E-state index contributed by atoms with van der Waals surface area (Å²) < 4.78 is 59.1. The first-order valence-electron chi connectivity index (χ1n) is 15.8. The van der Waals surface area contributed by atoms with E-state index in [0.717, 1.165) is 43.4 Å². The Balaban J connectivity index is 1.54. The van der Waals surface area contributed by atoms with Crippen LogP contribution in [0.5, 0.6) is 11.6 Å². The summed E-state index contributed by atoms with van der Waals surface area (Å²) in [7, 11) is 1.51. The molecule has 3 aliphatic rings. The van der Waals surface area contributed by atoms with Crippen LogP contribution in [-0.4, -0.2) is 71.1 Å². The molecule has 1 saturated heterocycles. The zero-order chi connectivity index (χ0) is 32.5. The number of aldehydes is 1. The van der Waals surface area contributed by atoms with Crippen LogP contribution in [0, 0.1) is 23.2 Å². The molecule has 246 valence electrons. The second-order valence-corrected chi connectivity index (χ2v) is 13.7. The first-order valence-corrected chi connectivity index (χ1v) is 15.8. The van der Waals surface area contributed by atoms with E-state index in [0.29, 0.717) is 41.1 Å². The maximum absolute atomic E-state index is 14.1. The molecule has 1 amide bonds. The molecule has 0 unspecified atom stereocenters. The molecular weight excluding hydrogens is 591 g/mol. The fourth-order valence-electron chi connectivity index (χ4n) is 6.61. The topological polar surface area (TPSA) is 108 Å². The lowest BCUT2D eigenvalue weighted by molar-refractivity contribution is -0.156. The van der Waals surface area contributed by atoms with Gasteiger partial charge in [0.1, 0.15) is 29.9 Å². The molecule has 1 saturated carbocycles. The molecule has 1 aromatic heterocycles. The fraction of sp³-hybridized carbons (Fsp3) is 0.667. The number of halogens is 3. The third kappa shape index (κ3) is 7.87. The number of benzene rings is 1. The molecule has 45 heavy (non-hydrogen) atoms. The van der Waals surface area contributed by atoms with Crippen LogP contribution in [0.4, 0.5) is 13.2 Å². The van der Waals surface area contributed by atoms with Crippen molar-refractivity contribution in [3.8, 4) is 11.6 Å². The lowest BCUT2D eigenvalue weighted by Crippen LogP contribution is -2.46. The molecule has 6 atom stereocenters. The number of esters is 1. The van der Waals surface area contributed by atoms with Crippen LogP contribution in [0.15, 0.2) is 18.2 Å². The van der Waals surface area contributed by atoms with E-state index < -0.39 is 53.9 Å². The number of nitrogens with zero attached hydrogens (tertiary/aromatic N) is 3. The molecule has 0 radical (unpaired) electrons. The largest absolute Gasteiger partial charge is 0.497 e. The van der Waals surface area contributed by atoms with Gasteiger partial charge in [-0.2, -0.15) is 13.2 Å². The molecule has 2 aromatic rings. The van der Waals surface area contributed by atoms with E-state index in [4.69, 9.17) is 19.2 Å². The SMILES string of the molecule is COc1ccc2nc3c(nc2c1)O[C@H]1CN(C(=O)[C@H](C(C)(C)C)CC(=O)O[C@@H]2C[C@H]2CCCCCC3)[C@H](C=O)[C@@H]1CC(F)(F)F. The van der Waals surface area contributed by atoms with Crippen LogP contribution in [0.3, 0.4) is 0 Å². The molecular formula is C33H42F3N3O6. The lowest BCUT2D eigenvalue weighted by atomic mass is 9.77. The summed E-state index contributed by atoms with van der Waals surface area (Å²) in [6.45, 7) is 5.09. The van der Waals surface area contributed by atoms with Gasteiger partial charge in [0, 0.05) is 12.0 Å². The van der Waals surface area contributed by atoms with Crippen LogP contribution in [0.2, 0.25) is 0 Å². The Bertz CT molecular complexity index is 1410. The van der Waals surface area contributed by atoms with Crippen molar-refractivity contribution in [2.45, 2.75) is 103 Å². The molecule has 0 spiro atoms. The predicted molar refractivity (Wildman–Crippen MR) is 159 cm³/mol. The summed E-state index contributed by atoms with van der Waals surface area (Å²) in [5.41, 5.74) is 0.814. The molecule has 1 aromatic carbocycles. The molecule has 12 heteroatoms. The van der Waals surface area contributed by atoms with Gasteiger partial charge in [0.25, 0.3) is 0 Å². The van der Waals surface area contributed by atoms with Crippen molar-refractivity contribution in [3.05, 3.63) is 23.9 Å². The van der Waals surface area contributed by atoms with Gasteiger partial charge < -0.3 is 23.9 Å². The van der Waals surface area contributed by atoms with Crippen LogP contribution in [0.1, 0.15) is 77.8 Å². The van der Waals surface area contributed by atoms with Gasteiger partial charge in [0.15, 0.2) is 0 Å². The zero-order valence-electron chi connectivity index (χ0n) is 26.3. The molecule has 3 heterocycles. The van der Waals surface area contributed by atoms with Gasteiger partial charge >= 0.3 is 12.1 Å². The Morgan fingerprint density at radius 1 is 1.02 bits per heavy atom. The smallest absolute Gasteiger partial charge is 0.389 e. The number of fused-ring (bicyclic) bond motifs is 5. The molecule has 2 aliphatic heterocycles. The Hall–Kier alpha value is -3.44. The van der Waals surface area contributed by atoms with Gasteiger partial charge in [-0.1, -0.05) is 40.0 Å². The van der Waals surface area contributed by atoms with Gasteiger partial charge in [-0.05, 0) is 49.1 Å². The van der Waals surface area contributed by atoms with Crippen molar-refractivity contribution >= 4 is 29.2 Å². The standard InChI is InChI=1S/C33H42F3N3O6/c1-32(2,3)22-15-29(41)44-27-13-19(27)9-7-5-6-8-10-24-30(38-25-14-20(43-4)11-12-23(25)37-24)45-28-17-39(31(22)42)26(18-40)21(28)16-33(34,35)36/h11-12,14,18-19,21-22,26-28H,5-10,13,15-17H2,1-4H3/t19-,21+,22-,26-,27-,28+/m1/s1. The minimum atomic E-state index is -4.63. The summed E-state index contributed by atoms with van der Waals surface area (Å²) in [6, 6.07) is 3.79. The van der Waals surface area contributed by atoms with E-state index in [2.05, 4.69) is 4.98 Å². The maximum atomic E-state index is 14.1. The van der Waals surface area contributed by atoms with Crippen LogP contribution < -0.4 is 9.47 Å². The first kappa shape index (κ1) is 32.9. The summed E-state index contributed by atoms with van der Waals surface area (Å²) >= 11 is 0. The highest BCUT2D eigenvalue weighted by atomic mass is 19.4. The van der Waals surface area contributed by atoms with Gasteiger partial charge in [0.05, 0.1) is 49.5 Å². The number of carbonyl (C=O) groups excluding carboxylic acids is 3. The fourth-order valence-corrected chi connectivity index (χ4v) is 6.61. The number of ether oxygens (including phenoxy) is 3. The molecule has 5 rings (SSSR count). The van der Waals surface area contributed by atoms with Gasteiger partial charge in [-0.15, -0.1) is 0 Å². The maximum Gasteiger partial charge on any atom is 0.389 e. The number of rotatable bonds is 3. The van der Waals surface area contributed by atoms with Crippen LogP contribution in [-0.2, 0) is 25.5 Å². The lowest BCUT2D eigenvalue weighted by Gasteiger charge is -2.34. The normalized spacial score (nSPS) is 28.6. The average molecular weight is 634 g/mol. The third-order valence-corrected chi connectivity index (χ3v) is 9.31. The van der Waals surface area contributed by atoms with E-state index in [1.54, 1.807) is 39.0 Å². The van der Waals surface area contributed by atoms with Gasteiger partial charge in [-0.25, -0.2) is 9.97 Å². The molecule has 1 aliphatic carbocycles. The highest BCUT2D eigenvalue weighted by Gasteiger charge is 2.52. The third-order valence-electron chi connectivity index (χ3n) is 9.31. The van der Waals surface area contributed by atoms with Crippen molar-refractivity contribution in [3.63, 3.8) is 0 Å². The highest BCUT2D eigenvalue weighted by Crippen LogP contribution is 2.42. The Morgan fingerprint density at radius 2 is 1.78 bits per heavy atom. The zero-order valence-corrected chi connectivity index (χ0v) is 26.3. The number of aryl methyl sites for hydroxylation is 1. The average Bonchev–Trinajstić information content (AvgIpc) is 3.61. The van der Waals surface area contributed by atoms with Crippen molar-refractivity contribution in [1.82, 2.24) is 14.9 Å². The Labute approximate surface area is 261 Å². The van der Waals surface area contributed by atoms with Crippen molar-refractivity contribution < 1.29 is 41.8 Å². The second kappa shape index (κ2) is 13.1. The van der Waals surface area contributed by atoms with E-state index >= 15 is 0 Å². The Kier molecular flexibility index (Phi) is 9.60. The minimum Gasteiger partial charge on any atom is -0.497 e. The number of hydrogen-bond donors (Lipinski definition) is 0. The summed E-state index contributed by atoms with van der Waals surface area (Å²) in [5.74, 6) is -2.47. The molecule has 0 N–H and O–H groups in total. The van der Waals surface area contributed by atoms with Crippen molar-refractivity contribution in [2.24, 2.45) is 23.2 Å². The van der Waals surface area contributed by atoms with E-state index in [-0.39, 0.29) is 24.9 Å². The van der Waals surface area contributed by atoms with E-state index in [9.17, 15) is 27.6 Å². The molecule has 9 nitrogen and oxygen atoms in total. The summed E-state index contributed by atoms with van der Waals surface area (Å²) in [4.78, 5) is 50.1. The monoisotopic (exact) mass is 633 g/mol. The Morgan fingerprint density at radius 3 is 2.47 bits per heavy atom. The van der Waals surface area contributed by atoms with Gasteiger partial charge in [-0.3, -0.25) is 9.59 Å². The number of amides is 1. The molecule has 2 bridgehead atoms. The number of carbonyl (C=O) groups is 3. The van der Waals surface area contributed by atoms with Crippen LogP contribution >= 0.6 is 0 Å². The predicted octanol–water partition coefficient (Wildman–Crippen LogP) is 5.85. The summed E-state index contributed by atoms with van der Waals surface area (Å²) in [6.07, 6.45) is -1.31. The van der Waals surface area contributed by atoms with Crippen molar-refractivity contribution in [2.75, 3.05) is 13.7 Å². The minimum absolute atomic E-state index is 0.0848. The number of aromatic nitrogens is 2. The number of hydrogen-bond acceptors (Lipinski definition) is 8. The van der Waals surface area contributed by atoms with Gasteiger partial charge in [0.2, 0.25) is 11.8 Å². The summed E-state index contributed by atoms with van der Waals surface area (Å²) in [5, 5.41) is 0. The first-order chi connectivity index (χ1) is 21.3. The number of alkyl halides is 3. The van der Waals surface area contributed by atoms with E-state index in [1.807, 2.05) is 0 Å². The van der Waals surface area contributed by atoms with E-state index in [1.165, 1.54) is 7.11 Å². The quantitative estimate of drug-likeness (QED) is 0.306. The second-order valence-electron chi connectivity index (χ2n) is 13.7. The molecule has 2 fully saturated rings. The highest BCUT2D eigenvalue weighted by molar-refractivity contribution is 5.87. The van der Waals surface area contributed by atoms with Crippen LogP contribution in [0.25, 0.3) is 11.0 Å². The number of methoxy groups -OCH3 is 1. The van der Waals surface area contributed by atoms with Crippen molar-refractivity contribution in [1.29, 1.82) is 0 Å².